The van der Waals surface area contributed by atoms with Crippen LogP contribution in [-0.2, 0) is 36.0 Å². The van der Waals surface area contributed by atoms with Crippen molar-refractivity contribution in [2.45, 2.75) is 56.5 Å². The van der Waals surface area contributed by atoms with Gasteiger partial charge in [-0.25, -0.2) is 4.98 Å². The van der Waals surface area contributed by atoms with E-state index in [0.29, 0.717) is 49.7 Å². The van der Waals surface area contributed by atoms with E-state index in [4.69, 9.17) is 21.6 Å². The van der Waals surface area contributed by atoms with E-state index in [1.165, 1.54) is 0 Å². The van der Waals surface area contributed by atoms with E-state index >= 15 is 0 Å². The first-order valence-corrected chi connectivity index (χ1v) is 18.1. The van der Waals surface area contributed by atoms with Crippen LogP contribution in [0.4, 0.5) is 0 Å². The van der Waals surface area contributed by atoms with Crippen LogP contribution in [0.15, 0.2) is 73.0 Å². The molecule has 3 atom stereocenters. The second-order valence-electron chi connectivity index (χ2n) is 14.8. The van der Waals surface area contributed by atoms with Gasteiger partial charge in [0.25, 0.3) is 0 Å². The molecule has 2 aromatic carbocycles. The fraction of sp³-hybridized carbons (Fsp3) is 0.400. The van der Waals surface area contributed by atoms with Crippen molar-refractivity contribution in [3.63, 3.8) is 0 Å². The minimum absolute atomic E-state index is 0.116. The summed E-state index contributed by atoms with van der Waals surface area (Å²) in [5.41, 5.74) is 5.95. The number of pyridine rings is 1. The van der Waals surface area contributed by atoms with E-state index in [9.17, 15) is 20.3 Å². The summed E-state index contributed by atoms with van der Waals surface area (Å²) in [5.74, 6) is -0.454. The third-order valence-corrected chi connectivity index (χ3v) is 11.7. The van der Waals surface area contributed by atoms with Crippen molar-refractivity contribution in [2.75, 3.05) is 26.2 Å². The lowest BCUT2D eigenvalue weighted by atomic mass is 9.73. The number of hydrogen-bond acceptors (Lipinski definition) is 8. The molecular formula is C40H42ClN7O3. The van der Waals surface area contributed by atoms with Crippen molar-refractivity contribution in [1.29, 1.82) is 5.26 Å². The van der Waals surface area contributed by atoms with Crippen molar-refractivity contribution in [3.05, 3.63) is 112 Å². The lowest BCUT2D eigenvalue weighted by Gasteiger charge is -2.43. The number of aliphatic hydroxyl groups excluding tert-OH is 1. The number of nitrogens with one attached hydrogen (secondary N) is 1. The first-order chi connectivity index (χ1) is 24.6. The number of fused-ring (bicyclic) bond motifs is 1. The number of aromatic nitrogens is 3. The fourth-order valence-corrected chi connectivity index (χ4v) is 8.66. The van der Waals surface area contributed by atoms with Gasteiger partial charge in [0.1, 0.15) is 17.4 Å². The maximum Gasteiger partial charge on any atom is 0.307 e. The summed E-state index contributed by atoms with van der Waals surface area (Å²) < 4.78 is 2.06. The van der Waals surface area contributed by atoms with Gasteiger partial charge in [-0.3, -0.25) is 24.9 Å². The number of likely N-dealkylation sites (tertiary alicyclic amines) is 2. The number of β-amino-alcohol motifs (C(OH)–C–C–N with tert-alkyl or cyclic N) is 1. The zero-order valence-corrected chi connectivity index (χ0v) is 29.6. The van der Waals surface area contributed by atoms with Gasteiger partial charge in [0.05, 0.1) is 39.9 Å². The lowest BCUT2D eigenvalue weighted by Crippen LogP contribution is -2.53. The molecule has 2 aromatic heterocycles. The molecule has 0 amide bonds. The topological polar surface area (TPSA) is 131 Å². The van der Waals surface area contributed by atoms with Crippen LogP contribution in [0.2, 0.25) is 5.02 Å². The summed E-state index contributed by atoms with van der Waals surface area (Å²) in [4.78, 5) is 26.3. The Kier molecular flexibility index (Phi) is 8.60. The van der Waals surface area contributed by atoms with E-state index in [0.717, 1.165) is 64.2 Å². The molecule has 262 valence electrons. The minimum atomic E-state index is -0.793. The number of aliphatic hydroxyl groups is 1. The Hall–Kier alpha value is -4.37. The zero-order chi connectivity index (χ0) is 35.5. The molecule has 4 aromatic rings. The predicted molar refractivity (Wildman–Crippen MR) is 195 cm³/mol. The summed E-state index contributed by atoms with van der Waals surface area (Å²) in [6.45, 7) is 6.12. The van der Waals surface area contributed by atoms with Crippen molar-refractivity contribution >= 4 is 34.2 Å². The first kappa shape index (κ1) is 33.8. The second kappa shape index (κ2) is 13.0. The third kappa shape index (κ3) is 6.07. The Morgan fingerprint density at radius 3 is 2.55 bits per heavy atom. The van der Waals surface area contributed by atoms with Gasteiger partial charge in [0.15, 0.2) is 0 Å². The van der Waals surface area contributed by atoms with E-state index < -0.39 is 11.5 Å². The molecule has 2 saturated heterocycles. The number of nitriles is 1. The molecule has 0 bridgehead atoms. The van der Waals surface area contributed by atoms with E-state index in [-0.39, 0.29) is 23.5 Å². The number of nitrogens with zero attached hydrogens (tertiary/aromatic N) is 6. The highest BCUT2D eigenvalue weighted by Crippen LogP contribution is 2.52. The maximum atomic E-state index is 11.6. The Balaban J connectivity index is 1.19. The van der Waals surface area contributed by atoms with Gasteiger partial charge in [-0.15, -0.1) is 0 Å². The Morgan fingerprint density at radius 2 is 1.88 bits per heavy atom. The van der Waals surface area contributed by atoms with Gasteiger partial charge in [0, 0.05) is 56.9 Å². The van der Waals surface area contributed by atoms with Crippen molar-refractivity contribution in [2.24, 2.45) is 18.9 Å². The molecule has 0 radical (unpaired) electrons. The highest BCUT2D eigenvalue weighted by atomic mass is 35.5. The number of halogens is 1. The van der Waals surface area contributed by atoms with Crippen LogP contribution in [0.5, 0.6) is 0 Å². The normalized spacial score (nSPS) is 24.7. The summed E-state index contributed by atoms with van der Waals surface area (Å²) in [7, 11) is 1.99. The van der Waals surface area contributed by atoms with Crippen molar-refractivity contribution in [3.8, 4) is 6.07 Å². The summed E-state index contributed by atoms with van der Waals surface area (Å²) in [6.07, 6.45) is 10.6. The van der Waals surface area contributed by atoms with Crippen LogP contribution in [0, 0.1) is 23.2 Å². The number of allylic oxidation sites excluding steroid dienone is 2. The molecule has 10 nitrogen and oxygen atoms in total. The first-order valence-electron chi connectivity index (χ1n) is 17.7. The average molecular weight is 704 g/mol. The standard InChI is InChI=1S/C40H42ClN7O3/c1-25-31(32-6-3-4-8-33(32)41)7-5-12-40(25,45-39(13-14-39)35-10-9-26(19-43-35)20-48-23-30(49)24-48)38-44-34-17-27(16-29(18-42)36(34)46(38)2)21-47-15-11-28(22-47)37(50)51/h3-10,12,16-17,19,25,28,30,45,49H,11,13-15,20-24H2,1-2H3,(H,50,51)/t25?,28-,40?/m1/s1. The number of carbonyl (C=O) groups is 1. The van der Waals surface area contributed by atoms with Crippen LogP contribution in [0.1, 0.15) is 60.0 Å². The number of carboxylic acid groups (broad SMARTS) is 1. The molecule has 3 N–H and O–H groups in total. The average Bonchev–Trinajstić information content (AvgIpc) is 3.58. The smallest absolute Gasteiger partial charge is 0.307 e. The predicted octanol–water partition coefficient (Wildman–Crippen LogP) is 5.34. The number of imidazole rings is 1. The number of benzene rings is 2. The van der Waals surface area contributed by atoms with Gasteiger partial charge in [-0.1, -0.05) is 61.0 Å². The van der Waals surface area contributed by atoms with E-state index in [1.54, 1.807) is 0 Å². The Morgan fingerprint density at radius 1 is 1.10 bits per heavy atom. The maximum absolute atomic E-state index is 11.6. The molecule has 2 aliphatic carbocycles. The molecular weight excluding hydrogens is 662 g/mol. The highest BCUT2D eigenvalue weighted by molar-refractivity contribution is 6.32. The van der Waals surface area contributed by atoms with E-state index in [1.807, 2.05) is 43.6 Å². The van der Waals surface area contributed by atoms with Gasteiger partial charge in [-0.05, 0) is 72.3 Å². The van der Waals surface area contributed by atoms with Crippen LogP contribution >= 0.6 is 11.6 Å². The summed E-state index contributed by atoms with van der Waals surface area (Å²) in [6, 6.07) is 18.6. The summed E-state index contributed by atoms with van der Waals surface area (Å²) >= 11 is 6.82. The molecule has 51 heavy (non-hydrogen) atoms. The van der Waals surface area contributed by atoms with Crippen LogP contribution in [0.25, 0.3) is 16.6 Å². The number of rotatable bonds is 10. The molecule has 0 spiro atoms. The fourth-order valence-electron chi connectivity index (χ4n) is 8.42. The SMILES string of the molecule is CC1C(c2ccccc2Cl)=CC=CC1(NC1(c2ccc(CN3CC(O)C3)cn2)CC1)c1nc2cc(CN3CC[C@@H](C(=O)O)C3)cc(C#N)c2n1C. The van der Waals surface area contributed by atoms with Crippen molar-refractivity contribution < 1.29 is 15.0 Å². The molecule has 3 fully saturated rings. The number of aryl methyl sites for hydroxylation is 1. The van der Waals surface area contributed by atoms with Gasteiger partial charge in [-0.2, -0.15) is 5.26 Å². The zero-order valence-electron chi connectivity index (χ0n) is 28.9. The minimum Gasteiger partial charge on any atom is -0.481 e. The van der Waals surface area contributed by atoms with Gasteiger partial charge in [0.2, 0.25) is 0 Å². The molecule has 11 heteroatoms. The Bertz CT molecular complexity index is 2110. The van der Waals surface area contributed by atoms with Crippen molar-refractivity contribution in [1.82, 2.24) is 29.7 Å². The van der Waals surface area contributed by atoms with Crippen LogP contribution in [0.3, 0.4) is 0 Å². The van der Waals surface area contributed by atoms with Crippen LogP contribution in [-0.4, -0.2) is 72.8 Å². The van der Waals surface area contributed by atoms with Gasteiger partial charge < -0.3 is 14.8 Å². The molecule has 8 rings (SSSR count). The van der Waals surface area contributed by atoms with Gasteiger partial charge >= 0.3 is 5.97 Å². The summed E-state index contributed by atoms with van der Waals surface area (Å²) in [5, 5.41) is 34.5. The molecule has 1 saturated carbocycles. The van der Waals surface area contributed by atoms with Crippen LogP contribution < -0.4 is 5.32 Å². The molecule has 4 heterocycles. The number of carboxylic acids is 1. The quantitative estimate of drug-likeness (QED) is 0.200. The number of hydrogen-bond donors (Lipinski definition) is 3. The molecule has 4 aliphatic rings. The van der Waals surface area contributed by atoms with E-state index in [2.05, 4.69) is 69.1 Å². The highest BCUT2D eigenvalue weighted by Gasteiger charge is 2.55. The molecule has 2 aliphatic heterocycles. The second-order valence-corrected chi connectivity index (χ2v) is 15.2. The largest absolute Gasteiger partial charge is 0.481 e. The Labute approximate surface area is 302 Å². The number of aliphatic carboxylic acids is 1. The molecule has 2 unspecified atom stereocenters. The lowest BCUT2D eigenvalue weighted by molar-refractivity contribution is -0.141. The third-order valence-electron chi connectivity index (χ3n) is 11.4. The monoisotopic (exact) mass is 703 g/mol.